The van der Waals surface area contributed by atoms with Gasteiger partial charge < -0.3 is 9.30 Å². The molecule has 4 aromatic rings. The van der Waals surface area contributed by atoms with Crippen LogP contribution in [0.4, 0.5) is 0 Å². The third-order valence-corrected chi connectivity index (χ3v) is 5.75. The first kappa shape index (κ1) is 20.6. The molecule has 0 saturated heterocycles. The molecule has 2 heterocycles. The van der Waals surface area contributed by atoms with E-state index in [1.165, 1.54) is 22.3 Å². The van der Waals surface area contributed by atoms with Crippen molar-refractivity contribution in [3.63, 3.8) is 0 Å². The Bertz CT molecular complexity index is 1270. The van der Waals surface area contributed by atoms with Gasteiger partial charge in [0.25, 0.3) is 0 Å². The molecule has 0 fully saturated rings. The molecule has 0 aliphatic carbocycles. The predicted octanol–water partition coefficient (Wildman–Crippen LogP) is 5.19. The molecule has 0 radical (unpaired) electrons. The lowest BCUT2D eigenvalue weighted by Crippen LogP contribution is -2.00. The number of hydrogen-bond acceptors (Lipinski definition) is 4. The second kappa shape index (κ2) is 9.01. The van der Waals surface area contributed by atoms with Gasteiger partial charge in [0.2, 0.25) is 0 Å². The Hall–Kier alpha value is -3.65. The van der Waals surface area contributed by atoms with Crippen molar-refractivity contribution in [3.05, 3.63) is 77.2 Å². The van der Waals surface area contributed by atoms with Crippen LogP contribution in [0.25, 0.3) is 22.3 Å². The van der Waals surface area contributed by atoms with Crippen molar-refractivity contribution in [1.29, 1.82) is 5.26 Å². The highest BCUT2D eigenvalue weighted by molar-refractivity contribution is 5.86. The largest absolute Gasteiger partial charge is 0.497 e. The topological polar surface area (TPSA) is 63.7 Å². The fourth-order valence-electron chi connectivity index (χ4n) is 4.00. The number of methoxy groups -OCH3 is 1. The van der Waals surface area contributed by atoms with Crippen LogP contribution in [0.2, 0.25) is 0 Å². The predicted molar refractivity (Wildman–Crippen MR) is 123 cm³/mol. The van der Waals surface area contributed by atoms with E-state index in [9.17, 15) is 0 Å². The van der Waals surface area contributed by atoms with Gasteiger partial charge in [-0.15, -0.1) is 0 Å². The van der Waals surface area contributed by atoms with Crippen molar-refractivity contribution in [1.82, 2.24) is 14.5 Å². The Morgan fingerprint density at radius 3 is 2.68 bits per heavy atom. The number of aromatic nitrogens is 3. The normalized spacial score (nSPS) is 10.9. The SMILES string of the molecule is COc1cccc(CCc2cc(-c3cncn3C)nc3cc(C)c(CCC#N)cc23)c1. The molecule has 0 atom stereocenters. The number of imidazole rings is 1. The van der Waals surface area contributed by atoms with E-state index in [0.29, 0.717) is 6.42 Å². The summed E-state index contributed by atoms with van der Waals surface area (Å²) in [5.74, 6) is 0.877. The van der Waals surface area contributed by atoms with Gasteiger partial charge in [0, 0.05) is 18.9 Å². The number of rotatable bonds is 7. The molecular formula is C26H26N4O. The summed E-state index contributed by atoms with van der Waals surface area (Å²) in [6.45, 7) is 2.10. The van der Waals surface area contributed by atoms with Gasteiger partial charge in [0.1, 0.15) is 5.75 Å². The van der Waals surface area contributed by atoms with Crippen LogP contribution >= 0.6 is 0 Å². The molecule has 2 aromatic carbocycles. The third kappa shape index (κ3) is 4.44. The van der Waals surface area contributed by atoms with E-state index in [0.717, 1.165) is 47.3 Å². The molecule has 0 spiro atoms. The molecule has 5 nitrogen and oxygen atoms in total. The number of nitrogens with zero attached hydrogens (tertiary/aromatic N) is 4. The monoisotopic (exact) mass is 410 g/mol. The zero-order valence-corrected chi connectivity index (χ0v) is 18.2. The van der Waals surface area contributed by atoms with Crippen LogP contribution in [0.3, 0.4) is 0 Å². The molecule has 156 valence electrons. The molecule has 2 aromatic heterocycles. The summed E-state index contributed by atoms with van der Waals surface area (Å²) in [6, 6.07) is 17.0. The average Bonchev–Trinajstić information content (AvgIpc) is 3.22. The maximum atomic E-state index is 9.03. The molecule has 4 rings (SSSR count). The third-order valence-electron chi connectivity index (χ3n) is 5.75. The van der Waals surface area contributed by atoms with Crippen LogP contribution in [0.1, 0.15) is 28.7 Å². The summed E-state index contributed by atoms with van der Waals surface area (Å²) in [7, 11) is 3.68. The van der Waals surface area contributed by atoms with Crippen molar-refractivity contribution in [2.75, 3.05) is 7.11 Å². The zero-order chi connectivity index (χ0) is 21.8. The minimum absolute atomic E-state index is 0.520. The van der Waals surface area contributed by atoms with Gasteiger partial charge in [-0.1, -0.05) is 12.1 Å². The fraction of sp³-hybridized carbons (Fsp3) is 0.269. The summed E-state index contributed by atoms with van der Waals surface area (Å²) >= 11 is 0. The van der Waals surface area contributed by atoms with Crippen LogP contribution in [-0.2, 0) is 26.3 Å². The van der Waals surface area contributed by atoms with Gasteiger partial charge in [0.15, 0.2) is 0 Å². The summed E-state index contributed by atoms with van der Waals surface area (Å²) in [4.78, 5) is 9.22. The Kier molecular flexibility index (Phi) is 5.99. The highest BCUT2D eigenvalue weighted by Gasteiger charge is 2.13. The first-order chi connectivity index (χ1) is 15.1. The minimum Gasteiger partial charge on any atom is -0.497 e. The molecule has 31 heavy (non-hydrogen) atoms. The first-order valence-corrected chi connectivity index (χ1v) is 10.5. The number of nitriles is 1. The van der Waals surface area contributed by atoms with Gasteiger partial charge in [-0.3, -0.25) is 0 Å². The van der Waals surface area contributed by atoms with Crippen molar-refractivity contribution in [2.45, 2.75) is 32.6 Å². The van der Waals surface area contributed by atoms with Crippen molar-refractivity contribution in [2.24, 2.45) is 7.05 Å². The van der Waals surface area contributed by atoms with Crippen LogP contribution in [0, 0.1) is 18.3 Å². The fourth-order valence-corrected chi connectivity index (χ4v) is 4.00. The molecule has 0 amide bonds. The Labute approximate surface area is 183 Å². The van der Waals surface area contributed by atoms with Crippen LogP contribution in [0.5, 0.6) is 5.75 Å². The molecular weight excluding hydrogens is 384 g/mol. The Morgan fingerprint density at radius 2 is 1.94 bits per heavy atom. The summed E-state index contributed by atoms with van der Waals surface area (Å²) < 4.78 is 7.37. The highest BCUT2D eigenvalue weighted by Crippen LogP contribution is 2.29. The Balaban J connectivity index is 1.78. The van der Waals surface area contributed by atoms with E-state index in [4.69, 9.17) is 15.0 Å². The molecule has 0 bridgehead atoms. The summed E-state index contributed by atoms with van der Waals surface area (Å²) in [6.07, 6.45) is 6.73. The summed E-state index contributed by atoms with van der Waals surface area (Å²) in [5.41, 5.74) is 7.79. The molecule has 0 aliphatic heterocycles. The molecule has 0 N–H and O–H groups in total. The lowest BCUT2D eigenvalue weighted by atomic mass is 9.95. The van der Waals surface area contributed by atoms with E-state index in [1.807, 2.05) is 29.9 Å². The lowest BCUT2D eigenvalue weighted by molar-refractivity contribution is 0.414. The molecule has 0 saturated carbocycles. The van der Waals surface area contributed by atoms with Gasteiger partial charge in [-0.05, 0) is 78.8 Å². The van der Waals surface area contributed by atoms with Crippen LogP contribution in [0.15, 0.2) is 55.0 Å². The van der Waals surface area contributed by atoms with E-state index in [1.54, 1.807) is 13.4 Å². The molecule has 0 unspecified atom stereocenters. The van der Waals surface area contributed by atoms with Crippen molar-refractivity contribution < 1.29 is 4.74 Å². The number of ether oxygens (including phenoxy) is 1. The second-order valence-corrected chi connectivity index (χ2v) is 7.86. The number of hydrogen-bond donors (Lipinski definition) is 0. The Morgan fingerprint density at radius 1 is 1.06 bits per heavy atom. The van der Waals surface area contributed by atoms with Gasteiger partial charge >= 0.3 is 0 Å². The standard InChI is InChI=1S/C26H26N4O/c1-18-12-24-23(14-20(18)7-5-11-27)21(10-9-19-6-4-8-22(13-19)31-3)15-25(29-24)26-16-28-17-30(26)2/h4,6,8,12-17H,5,7,9-10H2,1-3H3. The minimum atomic E-state index is 0.520. The van der Waals surface area contributed by atoms with Crippen molar-refractivity contribution >= 4 is 10.9 Å². The number of pyridine rings is 1. The number of fused-ring (bicyclic) bond motifs is 1. The van der Waals surface area contributed by atoms with Gasteiger partial charge in [-0.2, -0.15) is 5.26 Å². The number of benzene rings is 2. The zero-order valence-electron chi connectivity index (χ0n) is 18.2. The van der Waals surface area contributed by atoms with E-state index < -0.39 is 0 Å². The quantitative estimate of drug-likeness (QED) is 0.420. The average molecular weight is 411 g/mol. The smallest absolute Gasteiger partial charge is 0.119 e. The van der Waals surface area contributed by atoms with Crippen LogP contribution in [-0.4, -0.2) is 21.6 Å². The van der Waals surface area contributed by atoms with E-state index >= 15 is 0 Å². The van der Waals surface area contributed by atoms with E-state index in [2.05, 4.69) is 48.3 Å². The second-order valence-electron chi connectivity index (χ2n) is 7.86. The molecule has 5 heteroatoms. The first-order valence-electron chi connectivity index (χ1n) is 10.5. The van der Waals surface area contributed by atoms with Crippen molar-refractivity contribution in [3.8, 4) is 23.2 Å². The van der Waals surface area contributed by atoms with Gasteiger partial charge in [-0.25, -0.2) is 9.97 Å². The maximum Gasteiger partial charge on any atom is 0.119 e. The molecule has 0 aliphatic rings. The van der Waals surface area contributed by atoms with Crippen LogP contribution < -0.4 is 4.74 Å². The number of aryl methyl sites for hydroxylation is 5. The van der Waals surface area contributed by atoms with Gasteiger partial charge in [0.05, 0.1) is 42.6 Å². The summed E-state index contributed by atoms with van der Waals surface area (Å²) in [5, 5.41) is 10.2. The maximum absolute atomic E-state index is 9.03. The lowest BCUT2D eigenvalue weighted by Gasteiger charge is -2.14. The van der Waals surface area contributed by atoms with E-state index in [-0.39, 0.29) is 0 Å². The highest BCUT2D eigenvalue weighted by atomic mass is 16.5.